The van der Waals surface area contributed by atoms with Crippen LogP contribution in [0.4, 0.5) is 0 Å². The Morgan fingerprint density at radius 1 is 1.06 bits per heavy atom. The van der Waals surface area contributed by atoms with Crippen LogP contribution >= 0.6 is 0 Å². The molecule has 0 bridgehead atoms. The van der Waals surface area contributed by atoms with Crippen molar-refractivity contribution in [2.45, 2.75) is 25.2 Å². The van der Waals surface area contributed by atoms with Crippen molar-refractivity contribution in [3.8, 4) is 0 Å². The molecule has 172 valence electrons. The van der Waals surface area contributed by atoms with E-state index in [1.807, 2.05) is 25.5 Å². The van der Waals surface area contributed by atoms with E-state index in [1.165, 1.54) is 4.31 Å². The van der Waals surface area contributed by atoms with Gasteiger partial charge >= 0.3 is 0 Å². The molecule has 0 radical (unpaired) electrons. The van der Waals surface area contributed by atoms with Gasteiger partial charge in [-0.1, -0.05) is 13.8 Å². The van der Waals surface area contributed by atoms with Crippen LogP contribution in [0.15, 0.2) is 29.2 Å². The maximum Gasteiger partial charge on any atom is 0.267 e. The Bertz CT molecular complexity index is 1010. The Labute approximate surface area is 185 Å². The maximum atomic E-state index is 12.8. The van der Waals surface area contributed by atoms with Gasteiger partial charge in [-0.2, -0.15) is 4.31 Å². The van der Waals surface area contributed by atoms with Crippen LogP contribution in [0.2, 0.25) is 0 Å². The molecule has 8 nitrogen and oxygen atoms in total. The molecule has 0 saturated carbocycles. The van der Waals surface area contributed by atoms with Crippen molar-refractivity contribution in [3.05, 3.63) is 30.0 Å². The molecule has 1 saturated heterocycles. The minimum Gasteiger partial charge on any atom is -0.351 e. The molecule has 9 heteroatoms. The number of hydrogen-bond donors (Lipinski definition) is 1. The van der Waals surface area contributed by atoms with Crippen LogP contribution in [-0.4, -0.2) is 92.4 Å². The molecular formula is C22H35N5O3S. The molecule has 0 aliphatic carbocycles. The Morgan fingerprint density at radius 2 is 1.74 bits per heavy atom. The highest BCUT2D eigenvalue weighted by Crippen LogP contribution is 2.24. The van der Waals surface area contributed by atoms with Crippen LogP contribution in [0.3, 0.4) is 0 Å². The second-order valence-electron chi connectivity index (χ2n) is 8.15. The van der Waals surface area contributed by atoms with Gasteiger partial charge in [0.05, 0.1) is 4.90 Å². The molecule has 1 aromatic carbocycles. The third-order valence-electron chi connectivity index (χ3n) is 6.12. The average Bonchev–Trinajstić information content (AvgIpc) is 3.09. The van der Waals surface area contributed by atoms with Gasteiger partial charge in [-0.05, 0) is 44.3 Å². The van der Waals surface area contributed by atoms with Crippen molar-refractivity contribution in [1.29, 1.82) is 0 Å². The summed E-state index contributed by atoms with van der Waals surface area (Å²) in [6, 6.07) is 6.82. The van der Waals surface area contributed by atoms with Gasteiger partial charge < -0.3 is 19.7 Å². The summed E-state index contributed by atoms with van der Waals surface area (Å²) in [6.07, 6.45) is 0.908. The molecular weight excluding hydrogens is 414 g/mol. The summed E-state index contributed by atoms with van der Waals surface area (Å²) in [6.45, 7) is 10.4. The SMILES string of the molecule is CCN(CC)S(=O)(=O)c1ccc2c(c1)cc(C(=O)NCCCN1CCN(C)CC1)n2C. The lowest BCUT2D eigenvalue weighted by molar-refractivity contribution is 0.0941. The van der Waals surface area contributed by atoms with Crippen LogP contribution in [0.25, 0.3) is 10.9 Å². The lowest BCUT2D eigenvalue weighted by Crippen LogP contribution is -2.45. The van der Waals surface area contributed by atoms with E-state index in [-0.39, 0.29) is 10.8 Å². The molecule has 3 rings (SSSR count). The van der Waals surface area contributed by atoms with Crippen molar-refractivity contribution in [2.24, 2.45) is 7.05 Å². The fraction of sp³-hybridized carbons (Fsp3) is 0.591. The second-order valence-corrected chi connectivity index (χ2v) is 10.1. The van der Waals surface area contributed by atoms with Crippen molar-refractivity contribution < 1.29 is 13.2 Å². The summed E-state index contributed by atoms with van der Waals surface area (Å²) in [4.78, 5) is 17.8. The van der Waals surface area contributed by atoms with Crippen molar-refractivity contribution in [2.75, 3.05) is 59.4 Å². The van der Waals surface area contributed by atoms with Gasteiger partial charge in [0.1, 0.15) is 5.69 Å². The predicted octanol–water partition coefficient (Wildman–Crippen LogP) is 1.58. The smallest absolute Gasteiger partial charge is 0.267 e. The molecule has 2 aromatic rings. The molecule has 1 N–H and O–H groups in total. The van der Waals surface area contributed by atoms with E-state index in [1.54, 1.807) is 24.3 Å². The van der Waals surface area contributed by atoms with Crippen molar-refractivity contribution in [1.82, 2.24) is 24.0 Å². The lowest BCUT2D eigenvalue weighted by Gasteiger charge is -2.32. The molecule has 1 aromatic heterocycles. The zero-order valence-electron chi connectivity index (χ0n) is 19.1. The van der Waals surface area contributed by atoms with Gasteiger partial charge in [-0.15, -0.1) is 0 Å². The number of rotatable bonds is 9. The number of sulfonamides is 1. The van der Waals surface area contributed by atoms with E-state index in [0.717, 1.165) is 50.0 Å². The molecule has 0 spiro atoms. The second kappa shape index (κ2) is 10.1. The molecule has 31 heavy (non-hydrogen) atoms. The molecule has 0 atom stereocenters. The minimum atomic E-state index is -3.53. The largest absolute Gasteiger partial charge is 0.351 e. The van der Waals surface area contributed by atoms with Gasteiger partial charge in [0, 0.05) is 63.8 Å². The quantitative estimate of drug-likeness (QED) is 0.588. The van der Waals surface area contributed by atoms with E-state index in [4.69, 9.17) is 0 Å². The number of nitrogens with zero attached hydrogens (tertiary/aromatic N) is 4. The normalized spacial score (nSPS) is 16.3. The van der Waals surface area contributed by atoms with E-state index in [9.17, 15) is 13.2 Å². The van der Waals surface area contributed by atoms with Crippen LogP contribution in [0, 0.1) is 0 Å². The Morgan fingerprint density at radius 3 is 2.39 bits per heavy atom. The molecule has 1 fully saturated rings. The number of aryl methyl sites for hydroxylation is 1. The number of carbonyl (C=O) groups is 1. The van der Waals surface area contributed by atoms with Crippen LogP contribution in [0.1, 0.15) is 30.8 Å². The first kappa shape index (κ1) is 23.7. The summed E-state index contributed by atoms with van der Waals surface area (Å²) in [5.74, 6) is -0.134. The highest BCUT2D eigenvalue weighted by molar-refractivity contribution is 7.89. The first-order valence-corrected chi connectivity index (χ1v) is 12.5. The summed E-state index contributed by atoms with van der Waals surface area (Å²) in [5.41, 5.74) is 1.37. The zero-order valence-corrected chi connectivity index (χ0v) is 19.9. The standard InChI is InChI=1S/C22H35N5O3S/c1-5-27(6-2)31(29,30)19-8-9-20-18(16-19)17-21(25(20)4)22(28)23-10-7-11-26-14-12-24(3)13-15-26/h8-9,16-17H,5-7,10-15H2,1-4H3,(H,23,28). The topological polar surface area (TPSA) is 77.9 Å². The predicted molar refractivity (Wildman–Crippen MR) is 124 cm³/mol. The van der Waals surface area contributed by atoms with E-state index >= 15 is 0 Å². The molecule has 1 aliphatic rings. The van der Waals surface area contributed by atoms with Gasteiger partial charge in [0.25, 0.3) is 5.91 Å². The van der Waals surface area contributed by atoms with E-state index < -0.39 is 10.0 Å². The molecule has 2 heterocycles. The number of piperazine rings is 1. The Hall–Kier alpha value is -1.94. The molecule has 1 amide bonds. The minimum absolute atomic E-state index is 0.134. The van der Waals surface area contributed by atoms with E-state index in [2.05, 4.69) is 22.2 Å². The molecule has 0 unspecified atom stereocenters. The van der Waals surface area contributed by atoms with E-state index in [0.29, 0.717) is 25.3 Å². The van der Waals surface area contributed by atoms with Crippen molar-refractivity contribution >= 4 is 26.8 Å². The van der Waals surface area contributed by atoms with Gasteiger partial charge in [0.15, 0.2) is 0 Å². The van der Waals surface area contributed by atoms with Crippen LogP contribution in [0.5, 0.6) is 0 Å². The number of likely N-dealkylation sites (N-methyl/N-ethyl adjacent to an activating group) is 1. The summed E-state index contributed by atoms with van der Waals surface area (Å²) >= 11 is 0. The first-order chi connectivity index (χ1) is 14.8. The third-order valence-corrected chi connectivity index (χ3v) is 8.17. The number of aromatic nitrogens is 1. The molecule has 1 aliphatic heterocycles. The summed E-state index contributed by atoms with van der Waals surface area (Å²) in [5, 5.41) is 3.76. The van der Waals surface area contributed by atoms with Crippen LogP contribution < -0.4 is 5.32 Å². The first-order valence-electron chi connectivity index (χ1n) is 11.1. The van der Waals surface area contributed by atoms with Gasteiger partial charge in [-0.3, -0.25) is 4.79 Å². The number of benzene rings is 1. The fourth-order valence-corrected chi connectivity index (χ4v) is 5.58. The van der Waals surface area contributed by atoms with Gasteiger partial charge in [0.2, 0.25) is 10.0 Å². The highest BCUT2D eigenvalue weighted by Gasteiger charge is 2.23. The Kier molecular flexibility index (Phi) is 7.74. The number of fused-ring (bicyclic) bond motifs is 1. The number of carbonyl (C=O) groups excluding carboxylic acids is 1. The maximum absolute atomic E-state index is 12.8. The third kappa shape index (κ3) is 5.28. The Balaban J connectivity index is 1.65. The average molecular weight is 450 g/mol. The monoisotopic (exact) mass is 449 g/mol. The van der Waals surface area contributed by atoms with Crippen molar-refractivity contribution in [3.63, 3.8) is 0 Å². The summed E-state index contributed by atoms with van der Waals surface area (Å²) < 4.78 is 28.9. The number of nitrogens with one attached hydrogen (secondary N) is 1. The number of amides is 1. The van der Waals surface area contributed by atoms with Gasteiger partial charge in [-0.25, -0.2) is 8.42 Å². The fourth-order valence-electron chi connectivity index (χ4n) is 4.09. The van der Waals surface area contributed by atoms with Crippen LogP contribution in [-0.2, 0) is 17.1 Å². The summed E-state index contributed by atoms with van der Waals surface area (Å²) in [7, 11) is 0.443. The zero-order chi connectivity index (χ0) is 22.6. The lowest BCUT2D eigenvalue weighted by atomic mass is 10.2. The highest BCUT2D eigenvalue weighted by atomic mass is 32.2. The number of hydrogen-bond acceptors (Lipinski definition) is 5.